The fraction of sp³-hybridized carbons (Fsp3) is 0.316. The highest BCUT2D eigenvalue weighted by molar-refractivity contribution is 6.09. The Bertz CT molecular complexity index is 773. The topological polar surface area (TPSA) is 24.9 Å². The second-order valence-electron chi connectivity index (χ2n) is 6.00. The van der Waals surface area contributed by atoms with Crippen molar-refractivity contribution in [1.82, 2.24) is 4.98 Å². The van der Waals surface area contributed by atoms with Crippen molar-refractivity contribution in [3.8, 4) is 0 Å². The van der Waals surface area contributed by atoms with E-state index in [9.17, 15) is 0 Å². The highest BCUT2D eigenvalue weighted by atomic mass is 15.0. The van der Waals surface area contributed by atoms with E-state index in [-0.39, 0.29) is 0 Å². The van der Waals surface area contributed by atoms with E-state index < -0.39 is 0 Å². The van der Waals surface area contributed by atoms with Crippen LogP contribution < -0.4 is 5.32 Å². The summed E-state index contributed by atoms with van der Waals surface area (Å²) in [6, 6.07) is 17.6. The number of rotatable bonds is 2. The first-order valence-electron chi connectivity index (χ1n) is 7.96. The van der Waals surface area contributed by atoms with Crippen molar-refractivity contribution in [2.24, 2.45) is 0 Å². The first kappa shape index (κ1) is 12.6. The van der Waals surface area contributed by atoms with Gasteiger partial charge in [0, 0.05) is 16.8 Å². The molecule has 106 valence electrons. The largest absolute Gasteiger partial charge is 0.367 e. The molecular formula is C19H20N2. The molecule has 0 atom stereocenters. The molecule has 1 aliphatic carbocycles. The van der Waals surface area contributed by atoms with Crippen LogP contribution in [0, 0.1) is 0 Å². The molecule has 2 heteroatoms. The Morgan fingerprint density at radius 3 is 2.24 bits per heavy atom. The zero-order chi connectivity index (χ0) is 14.1. The molecule has 0 amide bonds. The van der Waals surface area contributed by atoms with Gasteiger partial charge < -0.3 is 5.32 Å². The molecule has 0 aliphatic heterocycles. The molecule has 1 aliphatic rings. The van der Waals surface area contributed by atoms with Crippen LogP contribution in [0.15, 0.2) is 48.5 Å². The van der Waals surface area contributed by atoms with Crippen LogP contribution in [0.25, 0.3) is 21.7 Å². The van der Waals surface area contributed by atoms with Crippen LogP contribution in [0.5, 0.6) is 0 Å². The number of aromatic nitrogens is 1. The minimum atomic E-state index is 0.579. The minimum absolute atomic E-state index is 0.579. The molecule has 0 spiro atoms. The summed E-state index contributed by atoms with van der Waals surface area (Å²) in [6.07, 6.45) is 6.59. The van der Waals surface area contributed by atoms with Gasteiger partial charge in [0.05, 0.1) is 5.52 Å². The van der Waals surface area contributed by atoms with Crippen molar-refractivity contribution in [2.45, 2.75) is 38.1 Å². The van der Waals surface area contributed by atoms with Gasteiger partial charge >= 0.3 is 0 Å². The average molecular weight is 276 g/mol. The van der Waals surface area contributed by atoms with Crippen molar-refractivity contribution >= 4 is 27.5 Å². The van der Waals surface area contributed by atoms with Gasteiger partial charge in [-0.3, -0.25) is 0 Å². The van der Waals surface area contributed by atoms with Crippen molar-refractivity contribution < 1.29 is 0 Å². The third-order valence-electron chi connectivity index (χ3n) is 4.55. The van der Waals surface area contributed by atoms with Crippen molar-refractivity contribution in [2.75, 3.05) is 5.32 Å². The lowest BCUT2D eigenvalue weighted by molar-refractivity contribution is 0.462. The molecule has 3 aromatic rings. The number of pyridine rings is 1. The molecule has 0 unspecified atom stereocenters. The first-order valence-corrected chi connectivity index (χ1v) is 7.96. The maximum absolute atomic E-state index is 4.89. The summed E-state index contributed by atoms with van der Waals surface area (Å²) in [5, 5.41) is 7.47. The Labute approximate surface area is 125 Å². The Kier molecular flexibility index (Phi) is 3.23. The lowest BCUT2D eigenvalue weighted by Gasteiger charge is -2.24. The van der Waals surface area contributed by atoms with Gasteiger partial charge in [-0.05, 0) is 24.3 Å². The first-order chi connectivity index (χ1) is 10.4. The van der Waals surface area contributed by atoms with E-state index in [4.69, 9.17) is 4.98 Å². The average Bonchev–Trinajstić information content (AvgIpc) is 2.56. The smallest absolute Gasteiger partial charge is 0.134 e. The van der Waals surface area contributed by atoms with Gasteiger partial charge in [-0.1, -0.05) is 61.7 Å². The van der Waals surface area contributed by atoms with Crippen molar-refractivity contribution in [1.29, 1.82) is 0 Å². The molecule has 2 aromatic carbocycles. The summed E-state index contributed by atoms with van der Waals surface area (Å²) >= 11 is 0. The molecule has 21 heavy (non-hydrogen) atoms. The van der Waals surface area contributed by atoms with Crippen LogP contribution in [0.2, 0.25) is 0 Å². The Hall–Kier alpha value is -2.09. The number of hydrogen-bond acceptors (Lipinski definition) is 2. The third kappa shape index (κ3) is 2.35. The predicted octanol–water partition coefficient (Wildman–Crippen LogP) is 5.13. The third-order valence-corrected chi connectivity index (χ3v) is 4.55. The Morgan fingerprint density at radius 2 is 1.43 bits per heavy atom. The Morgan fingerprint density at radius 1 is 0.762 bits per heavy atom. The molecule has 1 aromatic heterocycles. The molecule has 0 saturated heterocycles. The van der Waals surface area contributed by atoms with Gasteiger partial charge in [-0.25, -0.2) is 4.98 Å². The summed E-state index contributed by atoms with van der Waals surface area (Å²) in [6.45, 7) is 0. The number of nitrogens with one attached hydrogen (secondary N) is 1. The van der Waals surface area contributed by atoms with Crippen molar-refractivity contribution in [3.05, 3.63) is 48.5 Å². The van der Waals surface area contributed by atoms with E-state index in [1.54, 1.807) is 0 Å². The van der Waals surface area contributed by atoms with Gasteiger partial charge in [0.1, 0.15) is 5.82 Å². The summed E-state index contributed by atoms with van der Waals surface area (Å²) in [7, 11) is 0. The standard InChI is InChI=1S/C19H20N2/c1-2-8-14(9-3-1)20-19-17-12-5-4-10-15(17)16-11-6-7-13-18(16)21-19/h4-7,10-14H,1-3,8-9H2,(H,20,21). The van der Waals surface area contributed by atoms with E-state index >= 15 is 0 Å². The minimum Gasteiger partial charge on any atom is -0.367 e. The molecule has 0 bridgehead atoms. The van der Waals surface area contributed by atoms with Crippen LogP contribution in [-0.4, -0.2) is 11.0 Å². The molecule has 0 radical (unpaired) electrons. The van der Waals surface area contributed by atoms with Gasteiger partial charge in [0.25, 0.3) is 0 Å². The number of hydrogen-bond donors (Lipinski definition) is 1. The van der Waals surface area contributed by atoms with Crippen LogP contribution in [-0.2, 0) is 0 Å². The molecule has 1 heterocycles. The molecule has 1 fully saturated rings. The van der Waals surface area contributed by atoms with Gasteiger partial charge in [0.2, 0.25) is 0 Å². The zero-order valence-corrected chi connectivity index (χ0v) is 12.2. The monoisotopic (exact) mass is 276 g/mol. The predicted molar refractivity (Wildman–Crippen MR) is 89.7 cm³/mol. The van der Waals surface area contributed by atoms with E-state index in [2.05, 4.69) is 53.8 Å². The Balaban J connectivity index is 1.85. The number of anilines is 1. The number of para-hydroxylation sites is 1. The molecule has 1 N–H and O–H groups in total. The molecule has 4 rings (SSSR count). The van der Waals surface area contributed by atoms with Crippen molar-refractivity contribution in [3.63, 3.8) is 0 Å². The summed E-state index contributed by atoms with van der Waals surface area (Å²) in [4.78, 5) is 4.89. The van der Waals surface area contributed by atoms with Gasteiger partial charge in [0.15, 0.2) is 0 Å². The van der Waals surface area contributed by atoms with Crippen LogP contribution >= 0.6 is 0 Å². The quantitative estimate of drug-likeness (QED) is 0.656. The normalized spacial score (nSPS) is 16.4. The fourth-order valence-corrected chi connectivity index (χ4v) is 3.45. The van der Waals surface area contributed by atoms with E-state index in [1.807, 2.05) is 0 Å². The number of nitrogens with zero attached hydrogens (tertiary/aromatic N) is 1. The van der Waals surface area contributed by atoms with Gasteiger partial charge in [-0.15, -0.1) is 0 Å². The van der Waals surface area contributed by atoms with E-state index in [1.165, 1.54) is 48.3 Å². The van der Waals surface area contributed by atoms with E-state index in [0.29, 0.717) is 6.04 Å². The number of benzene rings is 2. The highest BCUT2D eigenvalue weighted by Crippen LogP contribution is 2.31. The molecule has 1 saturated carbocycles. The fourth-order valence-electron chi connectivity index (χ4n) is 3.45. The molecule has 2 nitrogen and oxygen atoms in total. The number of fused-ring (bicyclic) bond motifs is 3. The summed E-state index contributed by atoms with van der Waals surface area (Å²) in [5.74, 6) is 1.05. The maximum atomic E-state index is 4.89. The summed E-state index contributed by atoms with van der Waals surface area (Å²) in [5.41, 5.74) is 1.08. The van der Waals surface area contributed by atoms with Gasteiger partial charge in [-0.2, -0.15) is 0 Å². The second kappa shape index (κ2) is 5.36. The zero-order valence-electron chi connectivity index (χ0n) is 12.2. The lowest BCUT2D eigenvalue weighted by atomic mass is 9.95. The SMILES string of the molecule is c1ccc2c(c1)nc(NC1CCCCC1)c1ccccc12. The maximum Gasteiger partial charge on any atom is 0.134 e. The highest BCUT2D eigenvalue weighted by Gasteiger charge is 2.15. The summed E-state index contributed by atoms with van der Waals surface area (Å²) < 4.78 is 0. The molecular weight excluding hydrogens is 256 g/mol. The lowest BCUT2D eigenvalue weighted by Crippen LogP contribution is -2.22. The van der Waals surface area contributed by atoms with Crippen LogP contribution in [0.1, 0.15) is 32.1 Å². The van der Waals surface area contributed by atoms with Crippen LogP contribution in [0.3, 0.4) is 0 Å². The van der Waals surface area contributed by atoms with Crippen LogP contribution in [0.4, 0.5) is 5.82 Å². The van der Waals surface area contributed by atoms with E-state index in [0.717, 1.165) is 11.3 Å². The second-order valence-corrected chi connectivity index (χ2v) is 6.00.